The van der Waals surface area contributed by atoms with Gasteiger partial charge in [0.15, 0.2) is 0 Å². The molecule has 1 aliphatic carbocycles. The lowest BCUT2D eigenvalue weighted by Gasteiger charge is -2.28. The summed E-state index contributed by atoms with van der Waals surface area (Å²) in [4.78, 5) is 12.0. The topological polar surface area (TPSA) is 52.3 Å². The summed E-state index contributed by atoms with van der Waals surface area (Å²) in [5.41, 5.74) is 5.74. The molecule has 1 fully saturated rings. The van der Waals surface area contributed by atoms with Crippen LogP contribution in [0.15, 0.2) is 0 Å². The minimum absolute atomic E-state index is 0.0437. The average molecular weight is 269 g/mol. The highest BCUT2D eigenvalue weighted by Gasteiger charge is 2.24. The first-order valence-corrected chi connectivity index (χ1v) is 7.94. The molecule has 1 aliphatic rings. The van der Waals surface area contributed by atoms with Gasteiger partial charge < -0.3 is 10.5 Å². The van der Waals surface area contributed by atoms with Crippen molar-refractivity contribution in [2.75, 3.05) is 6.54 Å². The zero-order valence-corrected chi connectivity index (χ0v) is 12.9. The summed E-state index contributed by atoms with van der Waals surface area (Å²) < 4.78 is 5.64. The number of carbonyl (C=O) groups excluding carboxylic acids is 1. The lowest BCUT2D eigenvalue weighted by molar-refractivity contribution is -0.152. The van der Waals surface area contributed by atoms with Crippen LogP contribution in [0.1, 0.15) is 65.7 Å². The molecule has 0 bridgehead atoms. The lowest BCUT2D eigenvalue weighted by atomic mass is 9.85. The van der Waals surface area contributed by atoms with Crippen molar-refractivity contribution < 1.29 is 9.53 Å². The van der Waals surface area contributed by atoms with Crippen molar-refractivity contribution in [3.05, 3.63) is 0 Å². The third-order valence-corrected chi connectivity index (χ3v) is 4.20. The number of esters is 1. The smallest absolute Gasteiger partial charge is 0.306 e. The fourth-order valence-electron chi connectivity index (χ4n) is 3.12. The molecule has 0 radical (unpaired) electrons. The Morgan fingerprint density at radius 1 is 1.37 bits per heavy atom. The minimum Gasteiger partial charge on any atom is -0.462 e. The first-order valence-electron chi connectivity index (χ1n) is 7.94. The molecule has 3 heteroatoms. The van der Waals surface area contributed by atoms with Crippen LogP contribution in [0.5, 0.6) is 0 Å². The SMILES string of the molecule is CCC1CCCC(OC(=O)C[C@@H](CN)CC(C)C)C1. The maximum Gasteiger partial charge on any atom is 0.306 e. The third-order valence-electron chi connectivity index (χ3n) is 4.20. The van der Waals surface area contributed by atoms with Crippen molar-refractivity contribution in [3.8, 4) is 0 Å². The van der Waals surface area contributed by atoms with Gasteiger partial charge in [-0.15, -0.1) is 0 Å². The summed E-state index contributed by atoms with van der Waals surface area (Å²) in [6.45, 7) is 7.14. The molecule has 2 N–H and O–H groups in total. The Kier molecular flexibility index (Phi) is 7.44. The fraction of sp³-hybridized carbons (Fsp3) is 0.938. The van der Waals surface area contributed by atoms with E-state index in [4.69, 9.17) is 10.5 Å². The monoisotopic (exact) mass is 269 g/mol. The van der Waals surface area contributed by atoms with E-state index in [2.05, 4.69) is 20.8 Å². The summed E-state index contributed by atoms with van der Waals surface area (Å²) in [7, 11) is 0. The first kappa shape index (κ1) is 16.5. The van der Waals surface area contributed by atoms with Crippen molar-refractivity contribution >= 4 is 5.97 Å². The van der Waals surface area contributed by atoms with E-state index >= 15 is 0 Å². The van der Waals surface area contributed by atoms with Gasteiger partial charge in [-0.1, -0.05) is 33.6 Å². The number of nitrogens with two attached hydrogens (primary N) is 1. The maximum atomic E-state index is 12.0. The molecule has 0 aliphatic heterocycles. The largest absolute Gasteiger partial charge is 0.462 e. The van der Waals surface area contributed by atoms with Gasteiger partial charge in [0.25, 0.3) is 0 Å². The van der Waals surface area contributed by atoms with Crippen LogP contribution in [0.2, 0.25) is 0 Å². The van der Waals surface area contributed by atoms with Gasteiger partial charge in [-0.3, -0.25) is 4.79 Å². The predicted octanol–water partition coefficient (Wildman–Crippen LogP) is 3.51. The Hall–Kier alpha value is -0.570. The highest BCUT2D eigenvalue weighted by atomic mass is 16.5. The summed E-state index contributed by atoms with van der Waals surface area (Å²) in [5, 5.41) is 0. The van der Waals surface area contributed by atoms with Gasteiger partial charge in [0.2, 0.25) is 0 Å². The Balaban J connectivity index is 2.33. The maximum absolute atomic E-state index is 12.0. The van der Waals surface area contributed by atoms with Gasteiger partial charge in [-0.05, 0) is 50.0 Å². The second kappa shape index (κ2) is 8.57. The molecule has 0 heterocycles. The van der Waals surface area contributed by atoms with E-state index in [1.807, 2.05) is 0 Å². The van der Waals surface area contributed by atoms with Crippen molar-refractivity contribution in [1.29, 1.82) is 0 Å². The summed E-state index contributed by atoms with van der Waals surface area (Å²) >= 11 is 0. The molecule has 112 valence electrons. The number of ether oxygens (including phenoxy) is 1. The summed E-state index contributed by atoms with van der Waals surface area (Å²) in [5.74, 6) is 1.56. The molecule has 3 nitrogen and oxygen atoms in total. The minimum atomic E-state index is -0.0437. The number of hydrogen-bond acceptors (Lipinski definition) is 3. The fourth-order valence-corrected chi connectivity index (χ4v) is 3.12. The molecule has 2 unspecified atom stereocenters. The standard InChI is InChI=1S/C16H31NO2/c1-4-13-6-5-7-15(9-13)19-16(18)10-14(11-17)8-12(2)3/h12-15H,4-11,17H2,1-3H3/t13?,14-,15?/m0/s1. The normalized spacial score (nSPS) is 25.3. The van der Waals surface area contributed by atoms with Gasteiger partial charge in [0, 0.05) is 6.42 Å². The lowest BCUT2D eigenvalue weighted by Crippen LogP contribution is -2.28. The average Bonchev–Trinajstić information content (AvgIpc) is 2.37. The second-order valence-corrected chi connectivity index (χ2v) is 6.49. The Labute approximate surface area is 118 Å². The molecule has 3 atom stereocenters. The molecule has 0 aromatic carbocycles. The van der Waals surface area contributed by atoms with E-state index in [0.717, 1.165) is 25.2 Å². The molecule has 1 rings (SSSR count). The van der Waals surface area contributed by atoms with E-state index in [1.165, 1.54) is 19.3 Å². The van der Waals surface area contributed by atoms with Crippen molar-refractivity contribution in [2.24, 2.45) is 23.5 Å². The predicted molar refractivity (Wildman–Crippen MR) is 78.7 cm³/mol. The zero-order valence-electron chi connectivity index (χ0n) is 12.9. The number of rotatable bonds is 7. The Morgan fingerprint density at radius 2 is 2.11 bits per heavy atom. The van der Waals surface area contributed by atoms with Crippen LogP contribution < -0.4 is 5.73 Å². The van der Waals surface area contributed by atoms with Gasteiger partial charge in [-0.2, -0.15) is 0 Å². The molecule has 0 aromatic rings. The van der Waals surface area contributed by atoms with Crippen molar-refractivity contribution in [1.82, 2.24) is 0 Å². The van der Waals surface area contributed by atoms with E-state index < -0.39 is 0 Å². The quantitative estimate of drug-likeness (QED) is 0.720. The van der Waals surface area contributed by atoms with Gasteiger partial charge >= 0.3 is 5.97 Å². The molecule has 0 aromatic heterocycles. The van der Waals surface area contributed by atoms with E-state index in [1.54, 1.807) is 0 Å². The van der Waals surface area contributed by atoms with Crippen LogP contribution in [0.3, 0.4) is 0 Å². The molecule has 0 amide bonds. The molecule has 0 saturated heterocycles. The second-order valence-electron chi connectivity index (χ2n) is 6.49. The number of hydrogen-bond donors (Lipinski definition) is 1. The van der Waals surface area contributed by atoms with Crippen LogP contribution in [0.25, 0.3) is 0 Å². The third kappa shape index (κ3) is 6.42. The summed E-state index contributed by atoms with van der Waals surface area (Å²) in [6, 6.07) is 0. The Bertz CT molecular complexity index is 265. The van der Waals surface area contributed by atoms with Crippen LogP contribution >= 0.6 is 0 Å². The molecular formula is C16H31NO2. The summed E-state index contributed by atoms with van der Waals surface area (Å²) in [6.07, 6.45) is 7.44. The molecule has 1 saturated carbocycles. The van der Waals surface area contributed by atoms with E-state index in [-0.39, 0.29) is 18.0 Å². The van der Waals surface area contributed by atoms with E-state index in [9.17, 15) is 4.79 Å². The van der Waals surface area contributed by atoms with Crippen LogP contribution in [-0.4, -0.2) is 18.6 Å². The van der Waals surface area contributed by atoms with Crippen LogP contribution in [0, 0.1) is 17.8 Å². The van der Waals surface area contributed by atoms with Crippen molar-refractivity contribution in [2.45, 2.75) is 71.8 Å². The van der Waals surface area contributed by atoms with Crippen molar-refractivity contribution in [3.63, 3.8) is 0 Å². The van der Waals surface area contributed by atoms with Gasteiger partial charge in [0.05, 0.1) is 0 Å². The highest BCUT2D eigenvalue weighted by molar-refractivity contribution is 5.69. The van der Waals surface area contributed by atoms with Crippen LogP contribution in [0.4, 0.5) is 0 Å². The number of carbonyl (C=O) groups is 1. The highest BCUT2D eigenvalue weighted by Crippen LogP contribution is 2.29. The van der Waals surface area contributed by atoms with Crippen LogP contribution in [-0.2, 0) is 9.53 Å². The van der Waals surface area contributed by atoms with Gasteiger partial charge in [-0.25, -0.2) is 0 Å². The zero-order chi connectivity index (χ0) is 14.3. The van der Waals surface area contributed by atoms with Gasteiger partial charge in [0.1, 0.15) is 6.10 Å². The first-order chi connectivity index (χ1) is 9.05. The molecule has 0 spiro atoms. The Morgan fingerprint density at radius 3 is 2.68 bits per heavy atom. The van der Waals surface area contributed by atoms with E-state index in [0.29, 0.717) is 18.9 Å². The molecular weight excluding hydrogens is 238 g/mol. The molecule has 19 heavy (non-hydrogen) atoms.